The zero-order valence-corrected chi connectivity index (χ0v) is 16.5. The van der Waals surface area contributed by atoms with Crippen LogP contribution in [0.4, 0.5) is 10.1 Å². The van der Waals surface area contributed by atoms with Crippen LogP contribution in [0.3, 0.4) is 0 Å². The summed E-state index contributed by atoms with van der Waals surface area (Å²) in [6.07, 6.45) is 4.16. The van der Waals surface area contributed by atoms with Crippen LogP contribution in [0.25, 0.3) is 0 Å². The van der Waals surface area contributed by atoms with Crippen LogP contribution in [-0.4, -0.2) is 20.9 Å². The first-order valence-corrected chi connectivity index (χ1v) is 10.6. The maximum atomic E-state index is 13.0. The molecule has 0 bridgehead atoms. The van der Waals surface area contributed by atoms with Crippen LogP contribution in [0.2, 0.25) is 5.02 Å². The molecule has 27 heavy (non-hydrogen) atoms. The van der Waals surface area contributed by atoms with Crippen molar-refractivity contribution in [2.75, 3.05) is 11.3 Å². The summed E-state index contributed by atoms with van der Waals surface area (Å²) in [4.78, 5) is 12.1. The van der Waals surface area contributed by atoms with E-state index in [-0.39, 0.29) is 21.5 Å². The van der Waals surface area contributed by atoms with Gasteiger partial charge in [-0.2, -0.15) is 0 Å². The second-order valence-electron chi connectivity index (χ2n) is 6.07. The Morgan fingerprint density at radius 2 is 1.78 bits per heavy atom. The Morgan fingerprint density at radius 3 is 2.44 bits per heavy atom. The molecule has 146 valence electrons. The van der Waals surface area contributed by atoms with Gasteiger partial charge >= 0.3 is 0 Å². The smallest absolute Gasteiger partial charge is 0.261 e. The molecule has 0 saturated carbocycles. The molecule has 2 aromatic carbocycles. The van der Waals surface area contributed by atoms with Gasteiger partial charge in [0.2, 0.25) is 0 Å². The summed E-state index contributed by atoms with van der Waals surface area (Å²) in [5.74, 6) is -0.838. The van der Waals surface area contributed by atoms with Gasteiger partial charge in [0.05, 0.1) is 15.6 Å². The van der Waals surface area contributed by atoms with Crippen molar-refractivity contribution in [3.63, 3.8) is 0 Å². The van der Waals surface area contributed by atoms with Crippen molar-refractivity contribution in [3.05, 3.63) is 58.9 Å². The molecule has 0 unspecified atom stereocenters. The number of benzene rings is 2. The van der Waals surface area contributed by atoms with E-state index in [0.717, 1.165) is 49.9 Å². The summed E-state index contributed by atoms with van der Waals surface area (Å²) in [5, 5.41) is 2.96. The molecule has 0 radical (unpaired) electrons. The maximum Gasteiger partial charge on any atom is 0.261 e. The standard InChI is InChI=1S/C19H22ClFN2O3S/c1-2-3-4-5-12-22-19(24)14-6-11-17(20)18(13-14)23-27(25,26)16-9-7-15(21)8-10-16/h6-11,13,23H,2-5,12H2,1H3,(H,22,24). The summed E-state index contributed by atoms with van der Waals surface area (Å²) in [5.41, 5.74) is 0.381. The largest absolute Gasteiger partial charge is 0.352 e. The van der Waals surface area contributed by atoms with Crippen molar-refractivity contribution >= 4 is 33.2 Å². The zero-order chi connectivity index (χ0) is 19.9. The Labute approximate surface area is 164 Å². The van der Waals surface area contributed by atoms with Crippen LogP contribution < -0.4 is 10.0 Å². The summed E-state index contributed by atoms with van der Waals surface area (Å²) in [6.45, 7) is 2.67. The molecule has 0 aromatic heterocycles. The van der Waals surface area contributed by atoms with Crippen LogP contribution in [0, 0.1) is 5.82 Å². The van der Waals surface area contributed by atoms with Crippen molar-refractivity contribution in [2.45, 2.75) is 37.5 Å². The van der Waals surface area contributed by atoms with Gasteiger partial charge in [0.1, 0.15) is 5.82 Å². The summed E-state index contributed by atoms with van der Waals surface area (Å²) in [6, 6.07) is 8.77. The Hall–Kier alpha value is -2.12. The van der Waals surface area contributed by atoms with Crippen LogP contribution in [0.5, 0.6) is 0 Å². The summed E-state index contributed by atoms with van der Waals surface area (Å²) < 4.78 is 40.2. The molecule has 0 fully saturated rings. The summed E-state index contributed by atoms with van der Waals surface area (Å²) >= 11 is 6.06. The Bertz CT molecular complexity index is 886. The molecule has 0 saturated heterocycles. The summed E-state index contributed by atoms with van der Waals surface area (Å²) in [7, 11) is -3.96. The number of rotatable bonds is 9. The molecular formula is C19H22ClFN2O3S. The van der Waals surface area contributed by atoms with Crippen molar-refractivity contribution < 1.29 is 17.6 Å². The van der Waals surface area contributed by atoms with Gasteiger partial charge in [-0.1, -0.05) is 37.8 Å². The molecule has 2 aromatic rings. The van der Waals surface area contributed by atoms with Crippen LogP contribution in [0.15, 0.2) is 47.4 Å². The molecular weight excluding hydrogens is 391 g/mol. The molecule has 1 amide bonds. The number of carbonyl (C=O) groups is 1. The van der Waals surface area contributed by atoms with Gasteiger partial charge < -0.3 is 5.32 Å². The van der Waals surface area contributed by atoms with E-state index in [1.165, 1.54) is 18.2 Å². The molecule has 0 aliphatic rings. The normalized spacial score (nSPS) is 11.2. The maximum absolute atomic E-state index is 13.0. The Kier molecular flexibility index (Phi) is 7.62. The number of halogens is 2. The van der Waals surface area contributed by atoms with E-state index >= 15 is 0 Å². The highest BCUT2D eigenvalue weighted by molar-refractivity contribution is 7.92. The Balaban J connectivity index is 2.10. The molecule has 0 heterocycles. The topological polar surface area (TPSA) is 75.3 Å². The number of hydrogen-bond donors (Lipinski definition) is 2. The highest BCUT2D eigenvalue weighted by atomic mass is 35.5. The van der Waals surface area contributed by atoms with E-state index in [1.54, 1.807) is 0 Å². The van der Waals surface area contributed by atoms with Gasteiger partial charge in [0.25, 0.3) is 15.9 Å². The lowest BCUT2D eigenvalue weighted by Crippen LogP contribution is -2.24. The molecule has 0 spiro atoms. The lowest BCUT2D eigenvalue weighted by atomic mass is 10.1. The number of hydrogen-bond acceptors (Lipinski definition) is 3. The minimum atomic E-state index is -3.96. The van der Waals surface area contributed by atoms with Crippen LogP contribution in [-0.2, 0) is 10.0 Å². The average molecular weight is 413 g/mol. The highest BCUT2D eigenvalue weighted by Crippen LogP contribution is 2.26. The molecule has 0 atom stereocenters. The number of nitrogens with one attached hydrogen (secondary N) is 2. The number of sulfonamides is 1. The first-order chi connectivity index (χ1) is 12.8. The number of anilines is 1. The fraction of sp³-hybridized carbons (Fsp3) is 0.316. The van der Waals surface area contributed by atoms with Gasteiger partial charge in [0.15, 0.2) is 0 Å². The van der Waals surface area contributed by atoms with Gasteiger partial charge in [-0.3, -0.25) is 9.52 Å². The van der Waals surface area contributed by atoms with E-state index in [1.807, 2.05) is 0 Å². The SMILES string of the molecule is CCCCCCNC(=O)c1ccc(Cl)c(NS(=O)(=O)c2ccc(F)cc2)c1. The predicted molar refractivity (Wildman–Crippen MR) is 105 cm³/mol. The third-order valence-electron chi connectivity index (χ3n) is 3.91. The fourth-order valence-corrected chi connectivity index (χ4v) is 3.71. The van der Waals surface area contributed by atoms with Crippen LogP contribution >= 0.6 is 11.6 Å². The molecule has 2 N–H and O–H groups in total. The quantitative estimate of drug-likeness (QED) is 0.591. The Morgan fingerprint density at radius 1 is 1.07 bits per heavy atom. The van der Waals surface area contributed by atoms with E-state index in [4.69, 9.17) is 11.6 Å². The average Bonchev–Trinajstić information content (AvgIpc) is 2.63. The van der Waals surface area contributed by atoms with Crippen molar-refractivity contribution in [1.29, 1.82) is 0 Å². The number of amides is 1. The van der Waals surface area contributed by atoms with Crippen molar-refractivity contribution in [3.8, 4) is 0 Å². The molecule has 0 aliphatic heterocycles. The number of carbonyl (C=O) groups excluding carboxylic acids is 1. The van der Waals surface area contributed by atoms with Crippen molar-refractivity contribution in [1.82, 2.24) is 5.32 Å². The first-order valence-electron chi connectivity index (χ1n) is 8.69. The second-order valence-corrected chi connectivity index (χ2v) is 8.16. The lowest BCUT2D eigenvalue weighted by Gasteiger charge is -2.12. The third kappa shape index (κ3) is 6.22. The number of unbranched alkanes of at least 4 members (excludes halogenated alkanes) is 3. The fourth-order valence-electron chi connectivity index (χ4n) is 2.42. The second kappa shape index (κ2) is 9.71. The van der Waals surface area contributed by atoms with E-state index in [2.05, 4.69) is 17.0 Å². The minimum absolute atomic E-state index is 0.0830. The van der Waals surface area contributed by atoms with Gasteiger partial charge in [-0.05, 0) is 48.9 Å². The van der Waals surface area contributed by atoms with Crippen molar-refractivity contribution in [2.24, 2.45) is 0 Å². The zero-order valence-electron chi connectivity index (χ0n) is 15.0. The van der Waals surface area contributed by atoms with E-state index in [0.29, 0.717) is 12.1 Å². The molecule has 5 nitrogen and oxygen atoms in total. The van der Waals surface area contributed by atoms with Crippen LogP contribution in [0.1, 0.15) is 43.0 Å². The molecule has 2 rings (SSSR count). The van der Waals surface area contributed by atoms with Gasteiger partial charge in [-0.25, -0.2) is 12.8 Å². The van der Waals surface area contributed by atoms with Gasteiger partial charge in [-0.15, -0.1) is 0 Å². The van der Waals surface area contributed by atoms with E-state index in [9.17, 15) is 17.6 Å². The highest BCUT2D eigenvalue weighted by Gasteiger charge is 2.17. The monoisotopic (exact) mass is 412 g/mol. The van der Waals surface area contributed by atoms with Gasteiger partial charge in [0, 0.05) is 12.1 Å². The lowest BCUT2D eigenvalue weighted by molar-refractivity contribution is 0.0953. The third-order valence-corrected chi connectivity index (χ3v) is 5.62. The molecule has 0 aliphatic carbocycles. The first kappa shape index (κ1) is 21.2. The molecule has 8 heteroatoms. The van der Waals surface area contributed by atoms with E-state index < -0.39 is 15.8 Å². The minimum Gasteiger partial charge on any atom is -0.352 e. The predicted octanol–water partition coefficient (Wildman–Crippen LogP) is 4.59.